The summed E-state index contributed by atoms with van der Waals surface area (Å²) in [6.45, 7) is 4.58. The van der Waals surface area contributed by atoms with E-state index in [1.165, 1.54) is 12.8 Å². The van der Waals surface area contributed by atoms with Crippen LogP contribution in [0.3, 0.4) is 0 Å². The third-order valence-corrected chi connectivity index (χ3v) is 2.97. The molecule has 2 heterocycles. The Morgan fingerprint density at radius 3 is 3.18 bits per heavy atom. The van der Waals surface area contributed by atoms with Crippen molar-refractivity contribution in [3.63, 3.8) is 0 Å². The molecule has 0 bridgehead atoms. The monoisotopic (exact) mass is 238 g/mol. The number of hydrogen-bond donors (Lipinski definition) is 0. The molecular weight excluding hydrogens is 216 g/mol. The van der Waals surface area contributed by atoms with Crippen LogP contribution in [-0.2, 0) is 15.9 Å². The van der Waals surface area contributed by atoms with Crippen molar-refractivity contribution in [2.45, 2.75) is 45.3 Å². The highest BCUT2D eigenvalue weighted by molar-refractivity contribution is 4.99. The lowest BCUT2D eigenvalue weighted by Crippen LogP contribution is -2.18. The van der Waals surface area contributed by atoms with E-state index in [-0.39, 0.29) is 6.23 Å². The second-order valence-corrected chi connectivity index (χ2v) is 4.47. The minimum Gasteiger partial charge on any atom is -0.381 e. The van der Waals surface area contributed by atoms with Gasteiger partial charge in [0.25, 0.3) is 0 Å². The van der Waals surface area contributed by atoms with E-state index < -0.39 is 0 Å². The van der Waals surface area contributed by atoms with Crippen LogP contribution in [0.25, 0.3) is 0 Å². The largest absolute Gasteiger partial charge is 0.381 e. The molecule has 0 amide bonds. The Morgan fingerprint density at radius 1 is 1.47 bits per heavy atom. The normalized spacial score (nSPS) is 20.6. The third kappa shape index (κ3) is 3.82. The molecule has 0 saturated carbocycles. The predicted octanol–water partition coefficient (Wildman–Crippen LogP) is 2.55. The average Bonchev–Trinajstić information content (AvgIpc) is 2.85. The van der Waals surface area contributed by atoms with Crippen molar-refractivity contribution >= 4 is 0 Å². The number of nitrogens with zero attached hydrogens (tertiary/aromatic N) is 2. The van der Waals surface area contributed by atoms with Crippen LogP contribution >= 0.6 is 0 Å². The van der Waals surface area contributed by atoms with E-state index >= 15 is 0 Å². The van der Waals surface area contributed by atoms with Gasteiger partial charge in [0.15, 0.2) is 0 Å². The van der Waals surface area contributed by atoms with E-state index in [1.807, 2.05) is 10.9 Å². The maximum atomic E-state index is 5.69. The maximum Gasteiger partial charge on any atom is 0.150 e. The van der Waals surface area contributed by atoms with Gasteiger partial charge in [0.2, 0.25) is 0 Å². The first kappa shape index (κ1) is 12.6. The zero-order valence-electron chi connectivity index (χ0n) is 10.6. The molecule has 1 unspecified atom stereocenters. The van der Waals surface area contributed by atoms with Crippen LogP contribution < -0.4 is 0 Å². The van der Waals surface area contributed by atoms with E-state index in [9.17, 15) is 0 Å². The Balaban J connectivity index is 1.78. The highest BCUT2D eigenvalue weighted by atomic mass is 16.5. The molecule has 0 aromatic carbocycles. The van der Waals surface area contributed by atoms with Crippen LogP contribution in [0.5, 0.6) is 0 Å². The molecule has 96 valence electrons. The lowest BCUT2D eigenvalue weighted by atomic mass is 10.2. The summed E-state index contributed by atoms with van der Waals surface area (Å²) in [5.41, 5.74) is 1.09. The summed E-state index contributed by atoms with van der Waals surface area (Å²) in [6.07, 6.45) is 7.62. The lowest BCUT2D eigenvalue weighted by molar-refractivity contribution is -0.0397. The van der Waals surface area contributed by atoms with Gasteiger partial charge in [-0.05, 0) is 31.7 Å². The molecule has 1 saturated heterocycles. The first-order valence-corrected chi connectivity index (χ1v) is 6.63. The van der Waals surface area contributed by atoms with Gasteiger partial charge in [0.05, 0.1) is 12.3 Å². The van der Waals surface area contributed by atoms with E-state index in [0.717, 1.165) is 44.8 Å². The summed E-state index contributed by atoms with van der Waals surface area (Å²) >= 11 is 0. The van der Waals surface area contributed by atoms with Crippen molar-refractivity contribution in [3.8, 4) is 0 Å². The summed E-state index contributed by atoms with van der Waals surface area (Å²) in [7, 11) is 0. The first-order chi connectivity index (χ1) is 8.40. The number of ether oxygens (including phenoxy) is 2. The van der Waals surface area contributed by atoms with Gasteiger partial charge >= 0.3 is 0 Å². The first-order valence-electron chi connectivity index (χ1n) is 6.63. The predicted molar refractivity (Wildman–Crippen MR) is 65.9 cm³/mol. The van der Waals surface area contributed by atoms with Gasteiger partial charge in [-0.2, -0.15) is 5.10 Å². The zero-order chi connectivity index (χ0) is 11.9. The van der Waals surface area contributed by atoms with Crippen LogP contribution in [0.4, 0.5) is 0 Å². The minimum absolute atomic E-state index is 0.147. The van der Waals surface area contributed by atoms with Crippen molar-refractivity contribution < 1.29 is 9.47 Å². The van der Waals surface area contributed by atoms with E-state index in [1.54, 1.807) is 0 Å². The molecule has 17 heavy (non-hydrogen) atoms. The van der Waals surface area contributed by atoms with Gasteiger partial charge < -0.3 is 9.47 Å². The second kappa shape index (κ2) is 6.77. The van der Waals surface area contributed by atoms with Crippen LogP contribution in [0.15, 0.2) is 12.3 Å². The average molecular weight is 238 g/mol. The number of aromatic nitrogens is 2. The molecule has 1 fully saturated rings. The molecule has 1 atom stereocenters. The minimum atomic E-state index is 0.147. The Kier molecular flexibility index (Phi) is 5.01. The molecule has 1 aliphatic rings. The molecule has 0 aliphatic carbocycles. The highest BCUT2D eigenvalue weighted by Gasteiger charge is 2.16. The van der Waals surface area contributed by atoms with Crippen molar-refractivity contribution in [1.29, 1.82) is 0 Å². The molecule has 0 radical (unpaired) electrons. The fourth-order valence-electron chi connectivity index (χ4n) is 2.03. The van der Waals surface area contributed by atoms with Gasteiger partial charge in [-0.3, -0.25) is 0 Å². The van der Waals surface area contributed by atoms with Crippen molar-refractivity contribution in [2.24, 2.45) is 0 Å². The Bertz CT molecular complexity index is 319. The molecule has 0 spiro atoms. The molecule has 0 N–H and O–H groups in total. The fraction of sp³-hybridized carbons (Fsp3) is 0.769. The fourth-order valence-corrected chi connectivity index (χ4v) is 2.03. The van der Waals surface area contributed by atoms with Crippen molar-refractivity contribution in [3.05, 3.63) is 18.0 Å². The second-order valence-electron chi connectivity index (χ2n) is 4.47. The van der Waals surface area contributed by atoms with Gasteiger partial charge in [0, 0.05) is 25.8 Å². The molecule has 1 aromatic heterocycles. The van der Waals surface area contributed by atoms with Crippen LogP contribution in [0, 0.1) is 0 Å². The summed E-state index contributed by atoms with van der Waals surface area (Å²) in [5, 5.41) is 4.54. The van der Waals surface area contributed by atoms with Gasteiger partial charge in [-0.25, -0.2) is 4.68 Å². The Labute approximate surface area is 103 Å². The Morgan fingerprint density at radius 2 is 2.41 bits per heavy atom. The zero-order valence-corrected chi connectivity index (χ0v) is 10.6. The van der Waals surface area contributed by atoms with E-state index in [2.05, 4.69) is 18.1 Å². The standard InChI is InChI=1S/C13H22N2O2/c1-2-9-16-11-7-12-6-8-15(14-12)13-5-3-4-10-17-13/h6,8,13H,2-5,7,9-11H2,1H3. The number of rotatable bonds is 6. The van der Waals surface area contributed by atoms with Gasteiger partial charge in [-0.15, -0.1) is 0 Å². The van der Waals surface area contributed by atoms with Crippen molar-refractivity contribution in [2.75, 3.05) is 19.8 Å². The van der Waals surface area contributed by atoms with Crippen LogP contribution in [-0.4, -0.2) is 29.6 Å². The van der Waals surface area contributed by atoms with Crippen LogP contribution in [0.2, 0.25) is 0 Å². The lowest BCUT2D eigenvalue weighted by Gasteiger charge is -2.22. The topological polar surface area (TPSA) is 36.3 Å². The third-order valence-electron chi connectivity index (χ3n) is 2.97. The molecule has 1 aliphatic heterocycles. The molecular formula is C13H22N2O2. The summed E-state index contributed by atoms with van der Waals surface area (Å²) in [6, 6.07) is 2.06. The summed E-state index contributed by atoms with van der Waals surface area (Å²) < 4.78 is 13.1. The van der Waals surface area contributed by atoms with Gasteiger partial charge in [0.1, 0.15) is 6.23 Å². The van der Waals surface area contributed by atoms with Crippen molar-refractivity contribution in [1.82, 2.24) is 9.78 Å². The molecule has 1 aromatic rings. The van der Waals surface area contributed by atoms with Gasteiger partial charge in [-0.1, -0.05) is 6.92 Å². The highest BCUT2D eigenvalue weighted by Crippen LogP contribution is 2.21. The SMILES string of the molecule is CCCOCCc1ccn(C2CCCCO2)n1. The molecule has 4 heteroatoms. The molecule has 4 nitrogen and oxygen atoms in total. The maximum absolute atomic E-state index is 5.69. The Hall–Kier alpha value is -0.870. The van der Waals surface area contributed by atoms with E-state index in [0.29, 0.717) is 0 Å². The number of hydrogen-bond acceptors (Lipinski definition) is 3. The smallest absolute Gasteiger partial charge is 0.150 e. The summed E-state index contributed by atoms with van der Waals surface area (Å²) in [4.78, 5) is 0. The molecule has 2 rings (SSSR count). The summed E-state index contributed by atoms with van der Waals surface area (Å²) in [5.74, 6) is 0. The van der Waals surface area contributed by atoms with Crippen LogP contribution in [0.1, 0.15) is 44.5 Å². The van der Waals surface area contributed by atoms with E-state index in [4.69, 9.17) is 9.47 Å². The quantitative estimate of drug-likeness (QED) is 0.715.